The minimum atomic E-state index is -0.506. The van der Waals surface area contributed by atoms with Crippen molar-refractivity contribution in [3.63, 3.8) is 0 Å². The molecule has 0 unspecified atom stereocenters. The summed E-state index contributed by atoms with van der Waals surface area (Å²) < 4.78 is 5.84. The monoisotopic (exact) mass is 413 g/mol. The molecule has 2 saturated heterocycles. The maximum atomic E-state index is 12.9. The van der Waals surface area contributed by atoms with Crippen LogP contribution in [-0.2, 0) is 9.53 Å². The fourth-order valence-corrected chi connectivity index (χ4v) is 6.46. The lowest BCUT2D eigenvalue weighted by Crippen LogP contribution is -3.15. The smallest absolute Gasteiger partial charge is 0.315 e. The molecule has 3 fully saturated rings. The molecule has 1 saturated carbocycles. The summed E-state index contributed by atoms with van der Waals surface area (Å²) in [5, 5.41) is 11.5. The molecule has 2 aliphatic carbocycles. The Hall–Kier alpha value is -1.92. The Balaban J connectivity index is 1.28. The van der Waals surface area contributed by atoms with E-state index in [0.29, 0.717) is 5.92 Å². The molecule has 0 radical (unpaired) electrons. The Morgan fingerprint density at radius 3 is 2.87 bits per heavy atom. The van der Waals surface area contributed by atoms with Crippen molar-refractivity contribution < 1.29 is 24.5 Å². The first-order valence-electron chi connectivity index (χ1n) is 11.6. The highest BCUT2D eigenvalue weighted by Crippen LogP contribution is 2.55. The molecule has 1 aromatic rings. The van der Waals surface area contributed by atoms with E-state index >= 15 is 0 Å². The summed E-state index contributed by atoms with van der Waals surface area (Å²) in [4.78, 5) is 20.0. The standard InChI is InChI=1S/C24H33N3O3/c1-16-6-5-7-17-14-19-21(22(28)24(16,17)2)18(23(29)30-19)15-26-10-12-27(13-11-26)20-8-3-4-9-25-20/h3-4,7-9,16,18-19,21-22,28H,5-6,10-15H2,1-2H3/p+2/t16-,18+,19+,21+,22-,24+/m0/s1. The van der Waals surface area contributed by atoms with Gasteiger partial charge in [0, 0.05) is 23.8 Å². The van der Waals surface area contributed by atoms with Gasteiger partial charge in [-0.25, -0.2) is 4.98 Å². The van der Waals surface area contributed by atoms with Crippen LogP contribution in [0.15, 0.2) is 36.0 Å². The van der Waals surface area contributed by atoms with Crippen molar-refractivity contribution in [2.75, 3.05) is 37.6 Å². The Morgan fingerprint density at radius 1 is 1.33 bits per heavy atom. The largest absolute Gasteiger partial charge is 0.461 e. The number of pyridine rings is 1. The molecule has 162 valence electrons. The lowest BCUT2D eigenvalue weighted by Gasteiger charge is -2.51. The van der Waals surface area contributed by atoms with Crippen molar-refractivity contribution in [2.45, 2.75) is 45.3 Å². The highest BCUT2D eigenvalue weighted by molar-refractivity contribution is 5.76. The molecular weight excluding hydrogens is 378 g/mol. The number of rotatable bonds is 3. The van der Waals surface area contributed by atoms with Crippen LogP contribution in [0.1, 0.15) is 33.1 Å². The molecule has 4 aliphatic rings. The molecule has 5 rings (SSSR count). The molecular formula is C24H35N3O3+2. The van der Waals surface area contributed by atoms with Gasteiger partial charge in [0.15, 0.2) is 0 Å². The van der Waals surface area contributed by atoms with Gasteiger partial charge in [-0.1, -0.05) is 31.6 Å². The quantitative estimate of drug-likeness (QED) is 0.559. The van der Waals surface area contributed by atoms with Crippen LogP contribution in [0, 0.1) is 23.2 Å². The first kappa shape index (κ1) is 20.0. The maximum Gasteiger partial charge on any atom is 0.315 e. The number of allylic oxidation sites excluding steroid dienone is 1. The lowest BCUT2D eigenvalue weighted by atomic mass is 9.55. The van der Waals surface area contributed by atoms with Gasteiger partial charge in [-0.15, -0.1) is 0 Å². The highest BCUT2D eigenvalue weighted by atomic mass is 16.6. The Bertz CT molecular complexity index is 820. The lowest BCUT2D eigenvalue weighted by molar-refractivity contribution is -0.903. The fraction of sp³-hybridized carbons (Fsp3) is 0.667. The van der Waals surface area contributed by atoms with E-state index in [2.05, 4.69) is 41.9 Å². The number of piperazine rings is 1. The van der Waals surface area contributed by atoms with Crippen molar-refractivity contribution in [2.24, 2.45) is 23.2 Å². The summed E-state index contributed by atoms with van der Waals surface area (Å²) >= 11 is 0. The molecule has 30 heavy (non-hydrogen) atoms. The number of anilines is 1. The summed E-state index contributed by atoms with van der Waals surface area (Å²) in [5.74, 6) is 1.22. The molecule has 2 aliphatic heterocycles. The molecule has 0 amide bonds. The maximum absolute atomic E-state index is 12.9. The van der Waals surface area contributed by atoms with Gasteiger partial charge in [0.1, 0.15) is 38.2 Å². The number of hydrogen-bond donors (Lipinski definition) is 2. The number of nitrogens with zero attached hydrogens (tertiary/aromatic N) is 1. The van der Waals surface area contributed by atoms with Crippen LogP contribution < -0.4 is 14.8 Å². The van der Waals surface area contributed by atoms with E-state index in [0.717, 1.165) is 57.8 Å². The number of aliphatic hydroxyl groups excluding tert-OH is 1. The summed E-state index contributed by atoms with van der Waals surface area (Å²) in [6, 6.07) is 6.16. The third kappa shape index (κ3) is 3.16. The number of carbonyl (C=O) groups excluding carboxylic acids is 1. The molecule has 6 nitrogen and oxygen atoms in total. The van der Waals surface area contributed by atoms with Crippen LogP contribution in [0.2, 0.25) is 0 Å². The molecule has 1 aromatic heterocycles. The number of aromatic nitrogens is 1. The van der Waals surface area contributed by atoms with Gasteiger partial charge in [0.2, 0.25) is 0 Å². The zero-order chi connectivity index (χ0) is 20.9. The van der Waals surface area contributed by atoms with Crippen molar-refractivity contribution >= 4 is 11.8 Å². The van der Waals surface area contributed by atoms with Gasteiger partial charge < -0.3 is 14.7 Å². The fourth-order valence-electron chi connectivity index (χ4n) is 6.46. The van der Waals surface area contributed by atoms with Gasteiger partial charge in [0.05, 0.1) is 18.8 Å². The summed E-state index contributed by atoms with van der Waals surface area (Å²) in [7, 11) is 0. The number of carbonyl (C=O) groups is 1. The molecule has 0 aromatic carbocycles. The van der Waals surface area contributed by atoms with E-state index < -0.39 is 6.10 Å². The predicted molar refractivity (Wildman–Crippen MR) is 113 cm³/mol. The number of H-pyrrole nitrogens is 1. The van der Waals surface area contributed by atoms with Gasteiger partial charge >= 0.3 is 5.97 Å². The zero-order valence-corrected chi connectivity index (χ0v) is 18.1. The SMILES string of the molecule is C[C@H]1CCC=C2C[C@H]3OC(=O)[C@H](C[NH+]4CCN(c5cccc[nH+]5)CC4)[C@H]3[C@H](O)[C@@]21C. The minimum absolute atomic E-state index is 0.0758. The second kappa shape index (κ2) is 7.65. The minimum Gasteiger partial charge on any atom is -0.461 e. The van der Waals surface area contributed by atoms with Gasteiger partial charge in [-0.05, 0) is 24.8 Å². The van der Waals surface area contributed by atoms with E-state index in [4.69, 9.17) is 4.74 Å². The van der Waals surface area contributed by atoms with Crippen molar-refractivity contribution in [3.8, 4) is 0 Å². The van der Waals surface area contributed by atoms with E-state index in [-0.39, 0.29) is 29.3 Å². The number of hydrogen-bond acceptors (Lipinski definition) is 4. The van der Waals surface area contributed by atoms with E-state index in [1.807, 2.05) is 12.3 Å². The number of ether oxygens (including phenoxy) is 1. The first-order chi connectivity index (χ1) is 14.5. The number of esters is 1. The average Bonchev–Trinajstić information content (AvgIpc) is 3.07. The second-order valence-corrected chi connectivity index (χ2v) is 9.99. The third-order valence-electron chi connectivity index (χ3n) is 8.58. The van der Waals surface area contributed by atoms with Crippen LogP contribution in [-0.4, -0.2) is 56.0 Å². The number of aromatic amines is 1. The Morgan fingerprint density at radius 2 is 2.13 bits per heavy atom. The van der Waals surface area contributed by atoms with Gasteiger partial charge in [0.25, 0.3) is 5.82 Å². The molecule has 0 spiro atoms. The van der Waals surface area contributed by atoms with E-state index in [1.54, 1.807) is 0 Å². The number of quaternary nitrogens is 1. The van der Waals surface area contributed by atoms with Gasteiger partial charge in [-0.2, -0.15) is 0 Å². The number of aliphatic hydroxyl groups is 1. The van der Waals surface area contributed by atoms with Crippen LogP contribution >= 0.6 is 0 Å². The molecule has 6 heteroatoms. The summed E-state index contributed by atoms with van der Waals surface area (Å²) in [6.07, 6.45) is 6.58. The number of nitrogens with one attached hydrogen (secondary N) is 2. The highest BCUT2D eigenvalue weighted by Gasteiger charge is 2.60. The average molecular weight is 414 g/mol. The van der Waals surface area contributed by atoms with Crippen LogP contribution in [0.5, 0.6) is 0 Å². The zero-order valence-electron chi connectivity index (χ0n) is 18.1. The normalized spacial score (nSPS) is 39.2. The third-order valence-corrected chi connectivity index (χ3v) is 8.58. The van der Waals surface area contributed by atoms with Crippen LogP contribution in [0.4, 0.5) is 5.82 Å². The molecule has 3 N–H and O–H groups in total. The Kier molecular flexibility index (Phi) is 5.10. The topological polar surface area (TPSA) is 68.4 Å². The molecule has 3 heterocycles. The molecule has 0 bridgehead atoms. The van der Waals surface area contributed by atoms with Gasteiger partial charge in [-0.3, -0.25) is 9.69 Å². The Labute approximate surface area is 178 Å². The second-order valence-electron chi connectivity index (χ2n) is 9.99. The first-order valence-corrected chi connectivity index (χ1v) is 11.6. The predicted octanol–water partition coefficient (Wildman–Crippen LogP) is 0.491. The summed E-state index contributed by atoms with van der Waals surface area (Å²) in [6.45, 7) is 9.18. The van der Waals surface area contributed by atoms with E-state index in [9.17, 15) is 9.90 Å². The van der Waals surface area contributed by atoms with Crippen molar-refractivity contribution in [1.29, 1.82) is 0 Å². The van der Waals surface area contributed by atoms with Crippen LogP contribution in [0.25, 0.3) is 0 Å². The molecule has 6 atom stereocenters. The number of fused-ring (bicyclic) bond motifs is 2. The van der Waals surface area contributed by atoms with Crippen molar-refractivity contribution in [3.05, 3.63) is 36.0 Å². The summed E-state index contributed by atoms with van der Waals surface area (Å²) in [5.41, 5.74) is 1.09. The van der Waals surface area contributed by atoms with E-state index in [1.165, 1.54) is 10.5 Å². The van der Waals surface area contributed by atoms with Crippen LogP contribution in [0.3, 0.4) is 0 Å². The van der Waals surface area contributed by atoms with Crippen molar-refractivity contribution in [1.82, 2.24) is 0 Å².